The highest BCUT2D eigenvalue weighted by molar-refractivity contribution is 14.1. The van der Waals surface area contributed by atoms with Gasteiger partial charge in [0.25, 0.3) is 0 Å². The third-order valence-electron chi connectivity index (χ3n) is 6.57. The molecule has 1 amide bonds. The molecule has 1 saturated heterocycles. The van der Waals surface area contributed by atoms with Crippen molar-refractivity contribution in [2.75, 3.05) is 20.2 Å². The van der Waals surface area contributed by atoms with Crippen molar-refractivity contribution in [2.24, 2.45) is 0 Å². The van der Waals surface area contributed by atoms with Crippen LogP contribution in [-0.2, 0) is 4.74 Å². The number of aromatic nitrogens is 4. The highest BCUT2D eigenvalue weighted by Gasteiger charge is 2.30. The first-order chi connectivity index (χ1) is 19.2. The SMILES string of the molecule is COc1ccccc1Oc1nccc(-c2c(-c3ccc(I)cc3)ncn2C2CCN(C(=O)OC(C)(C)C)CC2)n1. The molecular formula is C30H32IN5O4. The van der Waals surface area contributed by atoms with Crippen molar-refractivity contribution in [1.29, 1.82) is 0 Å². The molecule has 2 aromatic heterocycles. The van der Waals surface area contributed by atoms with E-state index in [0.717, 1.165) is 33.4 Å². The Hall–Kier alpha value is -3.67. The van der Waals surface area contributed by atoms with Crippen LogP contribution >= 0.6 is 22.6 Å². The van der Waals surface area contributed by atoms with E-state index in [4.69, 9.17) is 24.2 Å². The van der Waals surface area contributed by atoms with Gasteiger partial charge in [-0.3, -0.25) is 0 Å². The Labute approximate surface area is 247 Å². The molecule has 5 rings (SSSR count). The molecule has 9 nitrogen and oxygen atoms in total. The number of halogens is 1. The number of carbonyl (C=O) groups is 1. The molecule has 0 N–H and O–H groups in total. The second-order valence-corrected chi connectivity index (χ2v) is 11.8. The Bertz CT molecular complexity index is 1470. The molecular weight excluding hydrogens is 621 g/mol. The van der Waals surface area contributed by atoms with Gasteiger partial charge in [-0.2, -0.15) is 4.98 Å². The fraction of sp³-hybridized carbons (Fsp3) is 0.333. The lowest BCUT2D eigenvalue weighted by atomic mass is 10.0. The zero-order valence-electron chi connectivity index (χ0n) is 23.0. The zero-order chi connectivity index (χ0) is 28.3. The summed E-state index contributed by atoms with van der Waals surface area (Å²) in [6.07, 6.45) is 4.83. The molecule has 1 aliphatic rings. The highest BCUT2D eigenvalue weighted by atomic mass is 127. The quantitative estimate of drug-likeness (QED) is 0.207. The summed E-state index contributed by atoms with van der Waals surface area (Å²) < 4.78 is 20.4. The maximum Gasteiger partial charge on any atom is 0.410 e. The van der Waals surface area contributed by atoms with E-state index >= 15 is 0 Å². The first kappa shape index (κ1) is 27.9. The van der Waals surface area contributed by atoms with Crippen LogP contribution in [0.1, 0.15) is 39.7 Å². The fourth-order valence-electron chi connectivity index (χ4n) is 4.69. The standard InChI is InChI=1S/C30H32IN5O4/c1-30(2,3)40-29(37)35-17-14-22(15-18-35)36-19-33-26(20-9-11-21(31)12-10-20)27(36)23-13-16-32-28(34-23)39-25-8-6-5-7-24(25)38-4/h5-13,16,19,22H,14-15,17-18H2,1-4H3. The van der Waals surface area contributed by atoms with Crippen LogP contribution in [0.2, 0.25) is 0 Å². The number of nitrogens with zero attached hydrogens (tertiary/aromatic N) is 5. The third kappa shape index (κ3) is 6.38. The molecule has 0 radical (unpaired) electrons. The second-order valence-electron chi connectivity index (χ2n) is 10.5. The fourth-order valence-corrected chi connectivity index (χ4v) is 5.05. The smallest absolute Gasteiger partial charge is 0.410 e. The number of hydrogen-bond donors (Lipinski definition) is 0. The van der Waals surface area contributed by atoms with Gasteiger partial charge in [0.2, 0.25) is 0 Å². The Morgan fingerprint density at radius 1 is 0.975 bits per heavy atom. The summed E-state index contributed by atoms with van der Waals surface area (Å²) in [6, 6.07) is 17.9. The number of imidazole rings is 1. The molecule has 2 aromatic carbocycles. The Morgan fingerprint density at radius 2 is 1.68 bits per heavy atom. The topological polar surface area (TPSA) is 91.6 Å². The molecule has 0 spiro atoms. The molecule has 208 valence electrons. The van der Waals surface area contributed by atoms with E-state index in [2.05, 4.69) is 56.4 Å². The average Bonchev–Trinajstić information content (AvgIpc) is 3.38. The Morgan fingerprint density at radius 3 is 2.35 bits per heavy atom. The van der Waals surface area contributed by atoms with Crippen molar-refractivity contribution in [3.8, 4) is 40.2 Å². The van der Waals surface area contributed by atoms with Crippen LogP contribution < -0.4 is 9.47 Å². The first-order valence-electron chi connectivity index (χ1n) is 13.2. The van der Waals surface area contributed by atoms with Crippen molar-refractivity contribution in [1.82, 2.24) is 24.4 Å². The Balaban J connectivity index is 1.47. The second kappa shape index (κ2) is 11.8. The summed E-state index contributed by atoms with van der Waals surface area (Å²) in [5, 5.41) is 0. The number of benzene rings is 2. The van der Waals surface area contributed by atoms with Crippen molar-refractivity contribution in [2.45, 2.75) is 45.3 Å². The van der Waals surface area contributed by atoms with Crippen LogP contribution in [0.15, 0.2) is 67.1 Å². The van der Waals surface area contributed by atoms with E-state index in [0.29, 0.717) is 30.3 Å². The van der Waals surface area contributed by atoms with Gasteiger partial charge in [-0.1, -0.05) is 24.3 Å². The van der Waals surface area contributed by atoms with E-state index in [1.165, 1.54) is 0 Å². The summed E-state index contributed by atoms with van der Waals surface area (Å²) in [5.41, 5.74) is 2.87. The first-order valence-corrected chi connectivity index (χ1v) is 14.2. The van der Waals surface area contributed by atoms with Crippen LogP contribution in [-0.4, -0.2) is 56.3 Å². The van der Waals surface area contributed by atoms with Crippen LogP contribution in [0.4, 0.5) is 4.79 Å². The van der Waals surface area contributed by atoms with E-state index in [1.54, 1.807) is 18.2 Å². The number of amides is 1. The molecule has 10 heteroatoms. The highest BCUT2D eigenvalue weighted by Crippen LogP contribution is 2.37. The van der Waals surface area contributed by atoms with E-state index < -0.39 is 5.60 Å². The molecule has 3 heterocycles. The Kier molecular flexibility index (Phi) is 8.24. The van der Waals surface area contributed by atoms with Gasteiger partial charge in [-0.15, -0.1) is 0 Å². The average molecular weight is 654 g/mol. The summed E-state index contributed by atoms with van der Waals surface area (Å²) in [5.74, 6) is 1.13. The molecule has 1 aliphatic heterocycles. The van der Waals surface area contributed by atoms with E-state index in [1.807, 2.05) is 57.4 Å². The molecule has 0 atom stereocenters. The molecule has 0 unspecified atom stereocenters. The molecule has 4 aromatic rings. The lowest BCUT2D eigenvalue weighted by Gasteiger charge is -2.34. The minimum absolute atomic E-state index is 0.132. The summed E-state index contributed by atoms with van der Waals surface area (Å²) in [4.78, 5) is 28.4. The number of carbonyl (C=O) groups excluding carboxylic acids is 1. The number of para-hydroxylation sites is 2. The monoisotopic (exact) mass is 653 g/mol. The van der Waals surface area contributed by atoms with E-state index in [9.17, 15) is 4.79 Å². The van der Waals surface area contributed by atoms with Crippen LogP contribution in [0.25, 0.3) is 22.6 Å². The minimum atomic E-state index is -0.523. The number of methoxy groups -OCH3 is 1. The number of ether oxygens (including phenoxy) is 3. The van der Waals surface area contributed by atoms with Crippen molar-refractivity contribution in [3.05, 3.63) is 70.7 Å². The van der Waals surface area contributed by atoms with E-state index in [-0.39, 0.29) is 18.1 Å². The molecule has 0 aliphatic carbocycles. The van der Waals surface area contributed by atoms with Gasteiger partial charge in [0.1, 0.15) is 5.60 Å². The predicted octanol–water partition coefficient (Wildman–Crippen LogP) is 6.98. The van der Waals surface area contributed by atoms with Gasteiger partial charge in [0.15, 0.2) is 11.5 Å². The number of likely N-dealkylation sites (tertiary alicyclic amines) is 1. The van der Waals surface area contributed by atoms with Gasteiger partial charge >= 0.3 is 12.1 Å². The molecule has 0 saturated carbocycles. The van der Waals surface area contributed by atoms with Gasteiger partial charge in [0, 0.05) is 34.5 Å². The number of rotatable bonds is 6. The maximum absolute atomic E-state index is 12.6. The van der Waals surface area contributed by atoms with Gasteiger partial charge in [-0.25, -0.2) is 14.8 Å². The lowest BCUT2D eigenvalue weighted by molar-refractivity contribution is 0.0189. The van der Waals surface area contributed by atoms with Crippen molar-refractivity contribution < 1.29 is 19.0 Å². The summed E-state index contributed by atoms with van der Waals surface area (Å²) in [7, 11) is 1.60. The lowest BCUT2D eigenvalue weighted by Crippen LogP contribution is -2.42. The molecule has 40 heavy (non-hydrogen) atoms. The van der Waals surface area contributed by atoms with Gasteiger partial charge < -0.3 is 23.7 Å². The minimum Gasteiger partial charge on any atom is -0.493 e. The van der Waals surface area contributed by atoms with Crippen molar-refractivity contribution >= 4 is 28.7 Å². The maximum atomic E-state index is 12.6. The van der Waals surface area contributed by atoms with Gasteiger partial charge in [-0.05, 0) is 86.5 Å². The van der Waals surface area contributed by atoms with Crippen LogP contribution in [0.5, 0.6) is 17.5 Å². The predicted molar refractivity (Wildman–Crippen MR) is 161 cm³/mol. The number of piperidine rings is 1. The third-order valence-corrected chi connectivity index (χ3v) is 7.29. The summed E-state index contributed by atoms with van der Waals surface area (Å²) >= 11 is 2.30. The van der Waals surface area contributed by atoms with Gasteiger partial charge in [0.05, 0.1) is 30.5 Å². The number of hydrogen-bond acceptors (Lipinski definition) is 7. The largest absolute Gasteiger partial charge is 0.493 e. The van der Waals surface area contributed by atoms with Crippen LogP contribution in [0, 0.1) is 3.57 Å². The van der Waals surface area contributed by atoms with Crippen molar-refractivity contribution in [3.63, 3.8) is 0 Å². The van der Waals surface area contributed by atoms with Crippen LogP contribution in [0.3, 0.4) is 0 Å². The normalized spacial score (nSPS) is 14.2. The summed E-state index contributed by atoms with van der Waals surface area (Å²) in [6.45, 7) is 6.85. The molecule has 0 bridgehead atoms. The molecule has 1 fully saturated rings. The zero-order valence-corrected chi connectivity index (χ0v) is 25.2.